The van der Waals surface area contributed by atoms with Crippen molar-refractivity contribution < 1.29 is 36.5 Å². The lowest BCUT2D eigenvalue weighted by molar-refractivity contribution is -0.125. The maximum absolute atomic E-state index is 12.5. The van der Waals surface area contributed by atoms with Gasteiger partial charge in [-0.3, -0.25) is 13.9 Å². The molecule has 2 saturated heterocycles. The van der Waals surface area contributed by atoms with E-state index < -0.39 is 40.5 Å². The fourth-order valence-corrected chi connectivity index (χ4v) is 3.98. The monoisotopic (exact) mass is 431 g/mol. The van der Waals surface area contributed by atoms with Crippen molar-refractivity contribution in [2.45, 2.75) is 24.6 Å². The van der Waals surface area contributed by atoms with Gasteiger partial charge in [0.15, 0.2) is 0 Å². The van der Waals surface area contributed by atoms with Crippen molar-refractivity contribution in [1.29, 1.82) is 0 Å². The molecule has 12 heteroatoms. The van der Waals surface area contributed by atoms with Crippen LogP contribution in [0.4, 0.5) is 9.59 Å². The van der Waals surface area contributed by atoms with E-state index in [4.69, 9.17) is 13.7 Å². The third kappa shape index (κ3) is 6.19. The van der Waals surface area contributed by atoms with Gasteiger partial charge in [0.05, 0.1) is 31.0 Å². The van der Waals surface area contributed by atoms with Crippen LogP contribution in [-0.4, -0.2) is 93.6 Å². The summed E-state index contributed by atoms with van der Waals surface area (Å²) in [5.74, 6) is -0.375. The fourth-order valence-electron chi connectivity index (χ4n) is 3.34. The minimum absolute atomic E-state index is 0.0356. The van der Waals surface area contributed by atoms with E-state index in [0.29, 0.717) is 0 Å². The highest BCUT2D eigenvalue weighted by molar-refractivity contribution is 7.86. The number of hydrogen-bond donors (Lipinski definition) is 1. The Hall–Kier alpha value is -2.60. The van der Waals surface area contributed by atoms with Crippen molar-refractivity contribution in [1.82, 2.24) is 15.1 Å². The molecule has 0 radical (unpaired) electrons. The molecule has 0 aromatic rings. The standard InChI is InChI=1S/C17H25N3O8S/c1-4-6-26-16(22)19-10-12(28-29(3,24)25)8-13(19)14-9-18-15(21)11-20(14)17(23)27-7-5-2/h4-5,12-14H,1-2,6-11H2,3H3,(H,18,21)/t12-,13+,14?/m1/s1. The second-order valence-corrected chi connectivity index (χ2v) is 8.21. The Kier molecular flexibility index (Phi) is 7.62. The van der Waals surface area contributed by atoms with Gasteiger partial charge in [-0.25, -0.2) is 9.59 Å². The number of ether oxygens (including phenoxy) is 2. The number of likely N-dealkylation sites (tertiary alicyclic amines) is 1. The molecule has 0 spiro atoms. The lowest BCUT2D eigenvalue weighted by Crippen LogP contribution is -2.63. The van der Waals surface area contributed by atoms with Crippen molar-refractivity contribution in [2.75, 3.05) is 39.1 Å². The molecule has 2 heterocycles. The molecule has 2 aliphatic heterocycles. The van der Waals surface area contributed by atoms with E-state index in [1.54, 1.807) is 0 Å². The lowest BCUT2D eigenvalue weighted by atomic mass is 10.0. The van der Waals surface area contributed by atoms with Crippen LogP contribution in [0.15, 0.2) is 25.3 Å². The van der Waals surface area contributed by atoms with Crippen molar-refractivity contribution in [3.8, 4) is 0 Å². The molecule has 1 N–H and O–H groups in total. The summed E-state index contributed by atoms with van der Waals surface area (Å²) in [7, 11) is -3.76. The van der Waals surface area contributed by atoms with E-state index >= 15 is 0 Å². The number of piperazine rings is 1. The average Bonchev–Trinajstić information content (AvgIpc) is 3.05. The molecular weight excluding hydrogens is 406 g/mol. The zero-order valence-corrected chi connectivity index (χ0v) is 16.9. The number of nitrogens with zero attached hydrogens (tertiary/aromatic N) is 2. The smallest absolute Gasteiger partial charge is 0.410 e. The first-order valence-corrected chi connectivity index (χ1v) is 10.7. The topological polar surface area (TPSA) is 132 Å². The van der Waals surface area contributed by atoms with Crippen molar-refractivity contribution >= 4 is 28.2 Å². The molecule has 0 aromatic heterocycles. The van der Waals surface area contributed by atoms with E-state index in [-0.39, 0.29) is 45.2 Å². The zero-order valence-electron chi connectivity index (χ0n) is 16.1. The number of hydrogen-bond acceptors (Lipinski definition) is 8. The summed E-state index contributed by atoms with van der Waals surface area (Å²) < 4.78 is 38.3. The van der Waals surface area contributed by atoms with Crippen molar-refractivity contribution in [3.05, 3.63) is 25.3 Å². The Morgan fingerprint density at radius 2 is 1.72 bits per heavy atom. The molecular formula is C17H25N3O8S. The molecule has 3 amide bonds. The predicted octanol–water partition coefficient (Wildman–Crippen LogP) is -0.149. The Morgan fingerprint density at radius 3 is 2.28 bits per heavy atom. The lowest BCUT2D eigenvalue weighted by Gasteiger charge is -2.40. The summed E-state index contributed by atoms with van der Waals surface area (Å²) >= 11 is 0. The Labute approximate surface area is 169 Å². The molecule has 0 aromatic carbocycles. The van der Waals surface area contributed by atoms with Gasteiger partial charge in [0.1, 0.15) is 19.8 Å². The molecule has 29 heavy (non-hydrogen) atoms. The van der Waals surface area contributed by atoms with E-state index in [0.717, 1.165) is 6.26 Å². The highest BCUT2D eigenvalue weighted by Crippen LogP contribution is 2.28. The molecule has 1 unspecified atom stereocenters. The summed E-state index contributed by atoms with van der Waals surface area (Å²) in [5.41, 5.74) is 0. The first-order valence-electron chi connectivity index (χ1n) is 8.89. The summed E-state index contributed by atoms with van der Waals surface area (Å²) in [4.78, 5) is 39.3. The minimum atomic E-state index is -3.76. The molecule has 2 rings (SSSR count). The first kappa shape index (κ1) is 22.7. The van der Waals surface area contributed by atoms with Crippen LogP contribution in [-0.2, 0) is 28.6 Å². The molecule has 2 aliphatic rings. The van der Waals surface area contributed by atoms with Crippen LogP contribution >= 0.6 is 0 Å². The van der Waals surface area contributed by atoms with Crippen molar-refractivity contribution in [3.63, 3.8) is 0 Å². The third-order valence-electron chi connectivity index (χ3n) is 4.40. The highest BCUT2D eigenvalue weighted by Gasteiger charge is 2.47. The van der Waals surface area contributed by atoms with E-state index in [2.05, 4.69) is 18.5 Å². The van der Waals surface area contributed by atoms with Crippen LogP contribution in [0.5, 0.6) is 0 Å². The summed E-state index contributed by atoms with van der Waals surface area (Å²) in [5, 5.41) is 2.65. The van der Waals surface area contributed by atoms with Crippen LogP contribution in [0.3, 0.4) is 0 Å². The number of carbonyl (C=O) groups excluding carboxylic acids is 3. The van der Waals surface area contributed by atoms with Crippen LogP contribution in [0.2, 0.25) is 0 Å². The van der Waals surface area contributed by atoms with E-state index in [1.165, 1.54) is 22.0 Å². The number of carbonyl (C=O) groups is 3. The van der Waals surface area contributed by atoms with Gasteiger partial charge in [-0.2, -0.15) is 8.42 Å². The molecule has 3 atom stereocenters. The Balaban J connectivity index is 2.26. The second-order valence-electron chi connectivity index (χ2n) is 6.61. The number of rotatable bonds is 7. The zero-order chi connectivity index (χ0) is 21.6. The minimum Gasteiger partial charge on any atom is -0.445 e. The highest BCUT2D eigenvalue weighted by atomic mass is 32.2. The predicted molar refractivity (Wildman–Crippen MR) is 101 cm³/mol. The van der Waals surface area contributed by atoms with Crippen LogP contribution in [0.1, 0.15) is 6.42 Å². The maximum Gasteiger partial charge on any atom is 0.410 e. The Morgan fingerprint density at radius 1 is 1.14 bits per heavy atom. The summed E-state index contributed by atoms with van der Waals surface area (Å²) in [6, 6.07) is -1.31. The summed E-state index contributed by atoms with van der Waals surface area (Å²) in [6.45, 7) is 6.62. The van der Waals surface area contributed by atoms with Gasteiger partial charge in [-0.15, -0.1) is 0 Å². The molecule has 0 aliphatic carbocycles. The quantitative estimate of drug-likeness (QED) is 0.435. The largest absolute Gasteiger partial charge is 0.445 e. The summed E-state index contributed by atoms with van der Waals surface area (Å²) in [6.07, 6.45) is 1.58. The van der Waals surface area contributed by atoms with Crippen LogP contribution in [0.25, 0.3) is 0 Å². The molecule has 162 valence electrons. The molecule has 11 nitrogen and oxygen atoms in total. The van der Waals surface area contributed by atoms with E-state index in [1.807, 2.05) is 0 Å². The fraction of sp³-hybridized carbons (Fsp3) is 0.588. The van der Waals surface area contributed by atoms with Gasteiger partial charge >= 0.3 is 12.2 Å². The van der Waals surface area contributed by atoms with Gasteiger partial charge in [0.25, 0.3) is 10.1 Å². The van der Waals surface area contributed by atoms with Gasteiger partial charge in [0, 0.05) is 6.54 Å². The van der Waals surface area contributed by atoms with Gasteiger partial charge in [-0.1, -0.05) is 25.3 Å². The van der Waals surface area contributed by atoms with Gasteiger partial charge in [-0.05, 0) is 6.42 Å². The van der Waals surface area contributed by atoms with E-state index in [9.17, 15) is 22.8 Å². The Bertz CT molecular complexity index is 769. The normalized spacial score (nSPS) is 24.6. The molecule has 2 fully saturated rings. The third-order valence-corrected chi connectivity index (χ3v) is 5.02. The second kappa shape index (κ2) is 9.74. The van der Waals surface area contributed by atoms with Crippen LogP contribution < -0.4 is 5.32 Å². The first-order chi connectivity index (χ1) is 13.7. The van der Waals surface area contributed by atoms with Gasteiger partial charge < -0.3 is 19.7 Å². The molecule has 0 bridgehead atoms. The SMILES string of the molecule is C=CCOC(=O)N1CC(=O)NCC1[C@@H]1C[C@@H](OS(C)(=O)=O)CN1C(=O)OCC=C. The van der Waals surface area contributed by atoms with Gasteiger partial charge in [0.2, 0.25) is 5.91 Å². The average molecular weight is 431 g/mol. The van der Waals surface area contributed by atoms with Crippen LogP contribution in [0, 0.1) is 0 Å². The molecule has 0 saturated carbocycles. The van der Waals surface area contributed by atoms with Crippen molar-refractivity contribution in [2.24, 2.45) is 0 Å². The number of nitrogens with one attached hydrogen (secondary N) is 1. The number of amides is 3. The maximum atomic E-state index is 12.5.